The average molecular weight is 291 g/mol. The zero-order valence-corrected chi connectivity index (χ0v) is 11.8. The van der Waals surface area contributed by atoms with Crippen molar-refractivity contribution in [3.05, 3.63) is 0 Å². The predicted octanol–water partition coefficient (Wildman–Crippen LogP) is -1.54. The first kappa shape index (κ1) is 16.8. The van der Waals surface area contributed by atoms with E-state index in [1.807, 2.05) is 0 Å². The Morgan fingerprint density at radius 3 is 2.55 bits per heavy atom. The summed E-state index contributed by atoms with van der Waals surface area (Å²) in [5, 5.41) is 12.7. The van der Waals surface area contributed by atoms with Crippen LogP contribution in [0.2, 0.25) is 0 Å². The first-order valence-electron chi connectivity index (χ1n) is 6.24. The van der Waals surface area contributed by atoms with Gasteiger partial charge < -0.3 is 29.4 Å². The quantitative estimate of drug-likeness (QED) is 0.544. The van der Waals surface area contributed by atoms with Gasteiger partial charge in [0.05, 0.1) is 33.4 Å². The van der Waals surface area contributed by atoms with Crippen LogP contribution in [0.1, 0.15) is 6.42 Å². The van der Waals surface area contributed by atoms with Gasteiger partial charge in [-0.2, -0.15) is 0 Å². The molecule has 1 aliphatic rings. The third kappa shape index (κ3) is 4.41. The molecule has 0 bridgehead atoms. The number of carbonyl (C=O) groups excluding carboxylic acids is 2. The second-order valence-corrected chi connectivity index (χ2v) is 4.40. The van der Waals surface area contributed by atoms with Crippen molar-refractivity contribution in [2.75, 3.05) is 34.5 Å². The highest BCUT2D eigenvalue weighted by molar-refractivity contribution is 5.82. The smallest absolute Gasteiger partial charge is 0.323 e. The van der Waals surface area contributed by atoms with Gasteiger partial charge in [0, 0.05) is 13.7 Å². The van der Waals surface area contributed by atoms with E-state index in [1.54, 1.807) is 0 Å². The molecule has 4 atom stereocenters. The molecule has 0 aliphatic carbocycles. The minimum atomic E-state index is -0.843. The molecule has 0 amide bonds. The molecule has 1 fully saturated rings. The molecule has 20 heavy (non-hydrogen) atoms. The van der Waals surface area contributed by atoms with E-state index < -0.39 is 30.2 Å². The van der Waals surface area contributed by atoms with Crippen LogP contribution in [0.25, 0.3) is 0 Å². The van der Waals surface area contributed by atoms with Crippen molar-refractivity contribution in [1.29, 1.82) is 0 Å². The van der Waals surface area contributed by atoms with Gasteiger partial charge in [-0.3, -0.25) is 9.59 Å². The SMILES string of the molecule is COC(=O)CC(NC[C@H]1OC[C@@H](OC)C1O)C(=O)OC. The number of hydrogen-bond acceptors (Lipinski definition) is 8. The summed E-state index contributed by atoms with van der Waals surface area (Å²) in [6.45, 7) is 0.474. The highest BCUT2D eigenvalue weighted by atomic mass is 16.6. The summed E-state index contributed by atoms with van der Waals surface area (Å²) in [6, 6.07) is -0.843. The molecule has 0 aromatic rings. The number of ether oxygens (including phenoxy) is 4. The number of esters is 2. The van der Waals surface area contributed by atoms with E-state index in [2.05, 4.69) is 14.8 Å². The summed E-state index contributed by atoms with van der Waals surface area (Å²) in [5.41, 5.74) is 0. The van der Waals surface area contributed by atoms with Crippen LogP contribution in [0.4, 0.5) is 0 Å². The number of aliphatic hydroxyl groups excluding tert-OH is 1. The molecule has 2 N–H and O–H groups in total. The van der Waals surface area contributed by atoms with Crippen molar-refractivity contribution in [2.24, 2.45) is 0 Å². The van der Waals surface area contributed by atoms with Gasteiger partial charge in [0.15, 0.2) is 0 Å². The van der Waals surface area contributed by atoms with Crippen molar-refractivity contribution in [2.45, 2.75) is 30.8 Å². The van der Waals surface area contributed by atoms with Crippen LogP contribution in [-0.2, 0) is 28.5 Å². The third-order valence-electron chi connectivity index (χ3n) is 3.19. The van der Waals surface area contributed by atoms with Crippen LogP contribution in [0.15, 0.2) is 0 Å². The van der Waals surface area contributed by atoms with E-state index in [9.17, 15) is 14.7 Å². The van der Waals surface area contributed by atoms with E-state index in [4.69, 9.17) is 9.47 Å². The topological polar surface area (TPSA) is 103 Å². The molecule has 1 rings (SSSR count). The lowest BCUT2D eigenvalue weighted by atomic mass is 10.1. The fourth-order valence-electron chi connectivity index (χ4n) is 1.93. The Hall–Kier alpha value is -1.22. The van der Waals surface area contributed by atoms with Crippen molar-refractivity contribution >= 4 is 11.9 Å². The van der Waals surface area contributed by atoms with Gasteiger partial charge in [-0.25, -0.2) is 0 Å². The molecule has 8 nitrogen and oxygen atoms in total. The van der Waals surface area contributed by atoms with Crippen LogP contribution >= 0.6 is 0 Å². The Labute approximate surface area is 117 Å². The molecule has 1 saturated heterocycles. The van der Waals surface area contributed by atoms with Crippen LogP contribution in [0.5, 0.6) is 0 Å². The molecule has 0 saturated carbocycles. The molecule has 0 radical (unpaired) electrons. The summed E-state index contributed by atoms with van der Waals surface area (Å²) < 4.78 is 19.5. The minimum absolute atomic E-state index is 0.153. The van der Waals surface area contributed by atoms with Gasteiger partial charge in [0.25, 0.3) is 0 Å². The van der Waals surface area contributed by atoms with Crippen LogP contribution in [0, 0.1) is 0 Å². The van der Waals surface area contributed by atoms with E-state index >= 15 is 0 Å². The van der Waals surface area contributed by atoms with Crippen molar-refractivity contribution in [3.63, 3.8) is 0 Å². The highest BCUT2D eigenvalue weighted by Gasteiger charge is 2.36. The molecule has 2 unspecified atom stereocenters. The average Bonchev–Trinajstić information content (AvgIpc) is 2.82. The molecule has 116 valence electrons. The lowest BCUT2D eigenvalue weighted by Crippen LogP contribution is -2.46. The number of carbonyl (C=O) groups is 2. The Kier molecular flexibility index (Phi) is 6.86. The second kappa shape index (κ2) is 8.15. The van der Waals surface area contributed by atoms with Gasteiger partial charge in [-0.1, -0.05) is 0 Å². The molecule has 0 aromatic heterocycles. The maximum Gasteiger partial charge on any atom is 0.323 e. The highest BCUT2D eigenvalue weighted by Crippen LogP contribution is 2.16. The maximum atomic E-state index is 11.5. The summed E-state index contributed by atoms with van der Waals surface area (Å²) in [4.78, 5) is 22.8. The summed E-state index contributed by atoms with van der Waals surface area (Å²) in [5.74, 6) is -1.11. The second-order valence-electron chi connectivity index (χ2n) is 4.40. The number of rotatable bonds is 7. The van der Waals surface area contributed by atoms with E-state index in [0.29, 0.717) is 0 Å². The largest absolute Gasteiger partial charge is 0.469 e. The van der Waals surface area contributed by atoms with Gasteiger partial charge in [-0.05, 0) is 0 Å². The number of nitrogens with one attached hydrogen (secondary N) is 1. The summed E-state index contributed by atoms with van der Waals surface area (Å²) >= 11 is 0. The summed E-state index contributed by atoms with van der Waals surface area (Å²) in [6.07, 6.45) is -1.84. The molecule has 0 aromatic carbocycles. The normalized spacial score (nSPS) is 27.1. The maximum absolute atomic E-state index is 11.5. The Morgan fingerprint density at radius 2 is 2.05 bits per heavy atom. The lowest BCUT2D eigenvalue weighted by molar-refractivity contribution is -0.149. The Morgan fingerprint density at radius 1 is 1.35 bits per heavy atom. The molecule has 8 heteroatoms. The van der Waals surface area contributed by atoms with Crippen LogP contribution in [-0.4, -0.2) is 75.9 Å². The number of aliphatic hydroxyl groups is 1. The standard InChI is InChI=1S/C12H21NO7/c1-17-9-6-20-8(11(9)15)5-13-7(12(16)19-3)4-10(14)18-2/h7-9,11,13,15H,4-6H2,1-3H3/t7?,8-,9-,11?/m1/s1. The molecular formula is C12H21NO7. The zero-order chi connectivity index (χ0) is 15.1. The van der Waals surface area contributed by atoms with Crippen LogP contribution < -0.4 is 5.32 Å². The Bertz CT molecular complexity index is 336. The molecule has 1 heterocycles. The van der Waals surface area contributed by atoms with Crippen molar-refractivity contribution in [3.8, 4) is 0 Å². The van der Waals surface area contributed by atoms with Crippen LogP contribution in [0.3, 0.4) is 0 Å². The van der Waals surface area contributed by atoms with Gasteiger partial charge >= 0.3 is 11.9 Å². The fraction of sp³-hybridized carbons (Fsp3) is 0.833. The summed E-state index contributed by atoms with van der Waals surface area (Å²) in [7, 11) is 3.96. The van der Waals surface area contributed by atoms with Gasteiger partial charge in [0.2, 0.25) is 0 Å². The Balaban J connectivity index is 2.50. The first-order chi connectivity index (χ1) is 9.53. The van der Waals surface area contributed by atoms with Gasteiger partial charge in [-0.15, -0.1) is 0 Å². The lowest BCUT2D eigenvalue weighted by Gasteiger charge is -2.20. The van der Waals surface area contributed by atoms with E-state index in [-0.39, 0.29) is 25.7 Å². The van der Waals surface area contributed by atoms with Crippen molar-refractivity contribution < 1.29 is 33.6 Å². The van der Waals surface area contributed by atoms with E-state index in [1.165, 1.54) is 21.3 Å². The first-order valence-corrected chi connectivity index (χ1v) is 6.24. The zero-order valence-electron chi connectivity index (χ0n) is 11.8. The van der Waals surface area contributed by atoms with Crippen molar-refractivity contribution in [1.82, 2.24) is 5.32 Å². The number of hydrogen-bond donors (Lipinski definition) is 2. The third-order valence-corrected chi connectivity index (χ3v) is 3.19. The molecule has 0 spiro atoms. The number of methoxy groups -OCH3 is 3. The fourth-order valence-corrected chi connectivity index (χ4v) is 1.93. The molecular weight excluding hydrogens is 270 g/mol. The molecule has 1 aliphatic heterocycles. The van der Waals surface area contributed by atoms with E-state index in [0.717, 1.165) is 0 Å². The monoisotopic (exact) mass is 291 g/mol. The minimum Gasteiger partial charge on any atom is -0.469 e. The van der Waals surface area contributed by atoms with Gasteiger partial charge in [0.1, 0.15) is 18.2 Å². The predicted molar refractivity (Wildman–Crippen MR) is 67.0 cm³/mol.